The van der Waals surface area contributed by atoms with Crippen LogP contribution >= 0.6 is 0 Å². The minimum atomic E-state index is -0.847. The van der Waals surface area contributed by atoms with E-state index in [1.165, 1.54) is 50.2 Å². The Morgan fingerprint density at radius 2 is 1.88 bits per heavy atom. The van der Waals surface area contributed by atoms with Crippen LogP contribution in [0.5, 0.6) is 5.75 Å². The van der Waals surface area contributed by atoms with Crippen molar-refractivity contribution in [1.29, 1.82) is 0 Å². The summed E-state index contributed by atoms with van der Waals surface area (Å²) in [7, 11) is 0. The first-order valence-electron chi connectivity index (χ1n) is 9.31. The summed E-state index contributed by atoms with van der Waals surface area (Å²) < 4.78 is 5.78. The highest BCUT2D eigenvalue weighted by Gasteiger charge is 2.21. The third-order valence-corrected chi connectivity index (χ3v) is 4.94. The molecule has 0 amide bonds. The smallest absolute Gasteiger partial charge is 0.327 e. The lowest BCUT2D eigenvalue weighted by Gasteiger charge is -2.28. The van der Waals surface area contributed by atoms with E-state index in [0.29, 0.717) is 11.8 Å². The number of hydrogen-bond donors (Lipinski definition) is 1. The van der Waals surface area contributed by atoms with Gasteiger partial charge in [-0.2, -0.15) is 0 Å². The number of hydrogen-bond acceptors (Lipinski definition) is 2. The Labute approximate surface area is 145 Å². The Bertz CT molecular complexity index is 510. The van der Waals surface area contributed by atoms with E-state index in [1.807, 2.05) is 0 Å². The molecule has 0 aliphatic heterocycles. The first-order valence-corrected chi connectivity index (χ1v) is 9.31. The molecule has 0 heterocycles. The van der Waals surface area contributed by atoms with Crippen LogP contribution in [0.3, 0.4) is 0 Å². The molecule has 3 nitrogen and oxygen atoms in total. The minimum absolute atomic E-state index is 0.637. The molecule has 24 heavy (non-hydrogen) atoms. The monoisotopic (exact) mass is 330 g/mol. The van der Waals surface area contributed by atoms with Crippen LogP contribution in [-0.4, -0.2) is 17.7 Å². The molecule has 1 N–H and O–H groups in total. The van der Waals surface area contributed by atoms with E-state index >= 15 is 0 Å². The summed E-state index contributed by atoms with van der Waals surface area (Å²) in [5.41, 5.74) is 1.41. The van der Waals surface area contributed by atoms with Crippen LogP contribution in [0, 0.1) is 5.92 Å². The second kappa shape index (κ2) is 10.2. The quantitative estimate of drug-likeness (QED) is 0.476. The lowest BCUT2D eigenvalue weighted by atomic mass is 9.77. The zero-order chi connectivity index (χ0) is 17.2. The van der Waals surface area contributed by atoms with Crippen LogP contribution in [0.4, 0.5) is 0 Å². The molecule has 1 aliphatic carbocycles. The van der Waals surface area contributed by atoms with Crippen molar-refractivity contribution in [2.24, 2.45) is 5.92 Å². The molecule has 1 aromatic carbocycles. The van der Waals surface area contributed by atoms with E-state index in [4.69, 9.17) is 9.84 Å². The Morgan fingerprint density at radius 1 is 1.17 bits per heavy atom. The molecule has 1 aliphatic rings. The second-order valence-corrected chi connectivity index (χ2v) is 6.82. The van der Waals surface area contributed by atoms with E-state index in [0.717, 1.165) is 25.2 Å². The van der Waals surface area contributed by atoms with Gasteiger partial charge in [0, 0.05) is 6.08 Å². The minimum Gasteiger partial charge on any atom is -0.494 e. The summed E-state index contributed by atoms with van der Waals surface area (Å²) in [5.74, 6) is 1.40. The van der Waals surface area contributed by atoms with Crippen LogP contribution in [-0.2, 0) is 4.79 Å². The molecule has 132 valence electrons. The molecule has 0 radical (unpaired) electrons. The molecular formula is C21H30O3. The van der Waals surface area contributed by atoms with Crippen LogP contribution in [0.2, 0.25) is 0 Å². The van der Waals surface area contributed by atoms with Crippen molar-refractivity contribution < 1.29 is 14.6 Å². The average molecular weight is 330 g/mol. The summed E-state index contributed by atoms with van der Waals surface area (Å²) >= 11 is 0. The second-order valence-electron chi connectivity index (χ2n) is 6.82. The maximum absolute atomic E-state index is 10.5. The van der Waals surface area contributed by atoms with Gasteiger partial charge in [-0.15, -0.1) is 0 Å². The Morgan fingerprint density at radius 3 is 2.50 bits per heavy atom. The zero-order valence-corrected chi connectivity index (χ0v) is 14.7. The van der Waals surface area contributed by atoms with Crippen molar-refractivity contribution >= 4 is 5.97 Å². The molecule has 2 rings (SSSR count). The van der Waals surface area contributed by atoms with E-state index in [-0.39, 0.29) is 0 Å². The number of unbranched alkanes of at least 4 members (excludes halogenated alkanes) is 2. The Hall–Kier alpha value is -1.77. The van der Waals surface area contributed by atoms with Crippen LogP contribution in [0.1, 0.15) is 69.8 Å². The van der Waals surface area contributed by atoms with Crippen molar-refractivity contribution in [2.75, 3.05) is 6.61 Å². The van der Waals surface area contributed by atoms with Crippen molar-refractivity contribution in [3.8, 4) is 5.75 Å². The first-order chi connectivity index (χ1) is 11.7. The van der Waals surface area contributed by atoms with Gasteiger partial charge >= 0.3 is 5.97 Å². The molecule has 1 saturated carbocycles. The fraction of sp³-hybridized carbons (Fsp3) is 0.571. The van der Waals surface area contributed by atoms with Gasteiger partial charge in [0.15, 0.2) is 0 Å². The zero-order valence-electron chi connectivity index (χ0n) is 14.7. The maximum Gasteiger partial charge on any atom is 0.327 e. The topological polar surface area (TPSA) is 46.5 Å². The molecule has 3 heteroatoms. The lowest BCUT2D eigenvalue weighted by molar-refractivity contribution is -0.131. The van der Waals surface area contributed by atoms with Gasteiger partial charge in [0.1, 0.15) is 5.75 Å². The molecule has 0 atom stereocenters. The van der Waals surface area contributed by atoms with E-state index in [2.05, 4.69) is 31.2 Å². The van der Waals surface area contributed by atoms with Gasteiger partial charge in [0.2, 0.25) is 0 Å². The number of rotatable bonds is 9. The van der Waals surface area contributed by atoms with Gasteiger partial charge in [-0.25, -0.2) is 4.79 Å². The van der Waals surface area contributed by atoms with Gasteiger partial charge in [0.05, 0.1) is 6.61 Å². The number of aliphatic carboxylic acids is 1. The van der Waals surface area contributed by atoms with E-state index in [9.17, 15) is 4.79 Å². The summed E-state index contributed by atoms with van der Waals surface area (Å²) in [4.78, 5) is 10.5. The standard InChI is InChI=1S/C21H30O3/c1-2-3-4-16-24-20-14-12-19(13-15-20)18-10-8-17(9-11-18)6-5-7-21(22)23/h5,7,12-15,17-18H,2-4,6,8-11,16H2,1H3,(H,22,23)/b7-5+. The average Bonchev–Trinajstić information content (AvgIpc) is 2.60. The van der Waals surface area contributed by atoms with Gasteiger partial charge in [-0.05, 0) is 68.1 Å². The normalized spacial score (nSPS) is 21.0. The predicted molar refractivity (Wildman–Crippen MR) is 97.6 cm³/mol. The molecule has 1 fully saturated rings. The predicted octanol–water partition coefficient (Wildman–Crippen LogP) is 5.56. The van der Waals surface area contributed by atoms with Crippen molar-refractivity contribution in [3.05, 3.63) is 42.0 Å². The highest BCUT2D eigenvalue weighted by molar-refractivity contribution is 5.79. The van der Waals surface area contributed by atoms with Crippen LogP contribution in [0.15, 0.2) is 36.4 Å². The van der Waals surface area contributed by atoms with Crippen LogP contribution in [0.25, 0.3) is 0 Å². The fourth-order valence-corrected chi connectivity index (χ4v) is 3.47. The summed E-state index contributed by atoms with van der Waals surface area (Å²) in [6.07, 6.45) is 12.3. The molecular weight excluding hydrogens is 300 g/mol. The van der Waals surface area contributed by atoms with Gasteiger partial charge in [-0.3, -0.25) is 0 Å². The Kier molecular flexibility index (Phi) is 7.87. The molecule has 0 unspecified atom stereocenters. The number of carboxylic acids is 1. The van der Waals surface area contributed by atoms with Gasteiger partial charge in [-0.1, -0.05) is 38.0 Å². The van der Waals surface area contributed by atoms with Crippen molar-refractivity contribution in [1.82, 2.24) is 0 Å². The molecule has 1 aromatic rings. The van der Waals surface area contributed by atoms with Gasteiger partial charge in [0.25, 0.3) is 0 Å². The molecule has 0 bridgehead atoms. The number of ether oxygens (including phenoxy) is 1. The number of carbonyl (C=O) groups is 1. The molecule has 0 aromatic heterocycles. The summed E-state index contributed by atoms with van der Waals surface area (Å²) in [5, 5.41) is 8.64. The highest BCUT2D eigenvalue weighted by Crippen LogP contribution is 2.37. The highest BCUT2D eigenvalue weighted by atomic mass is 16.5. The SMILES string of the molecule is CCCCCOc1ccc(C2CCC(C/C=C/C(=O)O)CC2)cc1. The first kappa shape index (κ1) is 18.6. The third-order valence-electron chi connectivity index (χ3n) is 4.94. The number of allylic oxidation sites excluding steroid dienone is 1. The largest absolute Gasteiger partial charge is 0.494 e. The lowest BCUT2D eigenvalue weighted by Crippen LogP contribution is -2.13. The summed E-state index contributed by atoms with van der Waals surface area (Å²) in [6.45, 7) is 3.01. The maximum atomic E-state index is 10.5. The van der Waals surface area contributed by atoms with Crippen molar-refractivity contribution in [2.45, 2.75) is 64.2 Å². The summed E-state index contributed by atoms with van der Waals surface area (Å²) in [6, 6.07) is 8.63. The Balaban J connectivity index is 1.74. The van der Waals surface area contributed by atoms with E-state index < -0.39 is 5.97 Å². The third kappa shape index (κ3) is 6.38. The number of benzene rings is 1. The molecule has 0 spiro atoms. The van der Waals surface area contributed by atoms with Crippen LogP contribution < -0.4 is 4.74 Å². The van der Waals surface area contributed by atoms with Gasteiger partial charge < -0.3 is 9.84 Å². The van der Waals surface area contributed by atoms with E-state index in [1.54, 1.807) is 6.08 Å². The number of carboxylic acid groups (broad SMARTS) is 1. The molecule has 0 saturated heterocycles. The fourth-order valence-electron chi connectivity index (χ4n) is 3.47. The van der Waals surface area contributed by atoms with Crippen molar-refractivity contribution in [3.63, 3.8) is 0 Å².